The second kappa shape index (κ2) is 7.70. The second-order valence-electron chi connectivity index (χ2n) is 7.80. The Kier molecular flexibility index (Phi) is 5.18. The van der Waals surface area contributed by atoms with Gasteiger partial charge in [-0.15, -0.1) is 0 Å². The maximum Gasteiger partial charge on any atom is 0.275 e. The van der Waals surface area contributed by atoms with E-state index in [2.05, 4.69) is 9.71 Å². The summed E-state index contributed by atoms with van der Waals surface area (Å²) in [5.41, 5.74) is 3.42. The lowest BCUT2D eigenvalue weighted by atomic mass is 10.0. The lowest BCUT2D eigenvalue weighted by molar-refractivity contribution is 0.601. The van der Waals surface area contributed by atoms with E-state index in [0.29, 0.717) is 11.4 Å². The lowest BCUT2D eigenvalue weighted by Gasteiger charge is -2.11. The van der Waals surface area contributed by atoms with Crippen molar-refractivity contribution in [2.45, 2.75) is 31.6 Å². The summed E-state index contributed by atoms with van der Waals surface area (Å²) in [6.07, 6.45) is 1.69. The highest BCUT2D eigenvalue weighted by Crippen LogP contribution is 2.22. The third kappa shape index (κ3) is 3.74. The van der Waals surface area contributed by atoms with Gasteiger partial charge in [-0.1, -0.05) is 19.9 Å². The molecular weight excluding hydrogens is 412 g/mol. The summed E-state index contributed by atoms with van der Waals surface area (Å²) < 4.78 is 31.7. The van der Waals surface area contributed by atoms with Gasteiger partial charge in [-0.05, 0) is 61.4 Å². The molecule has 4 rings (SSSR count). The van der Waals surface area contributed by atoms with Gasteiger partial charge in [0, 0.05) is 35.6 Å². The van der Waals surface area contributed by atoms with Crippen LogP contribution in [0.3, 0.4) is 0 Å². The molecule has 0 aliphatic heterocycles. The van der Waals surface area contributed by atoms with E-state index < -0.39 is 10.0 Å². The minimum atomic E-state index is -3.78. The third-order valence-corrected chi connectivity index (χ3v) is 6.82. The molecule has 0 saturated heterocycles. The Morgan fingerprint density at radius 3 is 2.39 bits per heavy atom. The van der Waals surface area contributed by atoms with Gasteiger partial charge in [0.15, 0.2) is 0 Å². The van der Waals surface area contributed by atoms with Crippen LogP contribution in [0.5, 0.6) is 0 Å². The number of nitrogens with zero attached hydrogens (tertiary/aromatic N) is 3. The van der Waals surface area contributed by atoms with Crippen LogP contribution in [0.25, 0.3) is 16.6 Å². The number of benzene rings is 2. The van der Waals surface area contributed by atoms with E-state index >= 15 is 0 Å². The van der Waals surface area contributed by atoms with Crippen molar-refractivity contribution in [1.29, 1.82) is 0 Å². The quantitative estimate of drug-likeness (QED) is 0.513. The maximum atomic E-state index is 12.9. The van der Waals surface area contributed by atoms with E-state index in [1.807, 2.05) is 33.9 Å². The zero-order chi connectivity index (χ0) is 22.3. The van der Waals surface area contributed by atoms with Crippen molar-refractivity contribution in [3.63, 3.8) is 0 Å². The van der Waals surface area contributed by atoms with Crippen molar-refractivity contribution >= 4 is 26.6 Å². The molecule has 0 atom stereocenters. The van der Waals surface area contributed by atoms with Crippen molar-refractivity contribution in [3.05, 3.63) is 82.4 Å². The summed E-state index contributed by atoms with van der Waals surface area (Å²) in [6.45, 7) is 5.88. The first-order chi connectivity index (χ1) is 14.7. The SMILES string of the molecule is Cc1c(C(C)C)c(=O)n(-c2ccc(S(=O)(=O)Nc3ccc4ncccc4c3)cc2)n1C. The standard InChI is InChI=1S/C23H24N4O3S/c1-15(2)22-16(3)26(4)27(23(22)28)19-8-10-20(11-9-19)31(29,30)25-18-7-12-21-17(14-18)6-5-13-24-21/h5-15,25H,1-4H3. The number of rotatable bonds is 5. The van der Waals surface area contributed by atoms with Crippen molar-refractivity contribution in [2.75, 3.05) is 4.72 Å². The molecule has 0 aliphatic rings. The zero-order valence-corrected chi connectivity index (χ0v) is 18.6. The smallest absolute Gasteiger partial charge is 0.275 e. The Balaban J connectivity index is 1.66. The van der Waals surface area contributed by atoms with Crippen molar-refractivity contribution < 1.29 is 8.42 Å². The predicted molar refractivity (Wildman–Crippen MR) is 122 cm³/mol. The number of pyridine rings is 1. The van der Waals surface area contributed by atoms with Gasteiger partial charge in [-0.2, -0.15) is 0 Å². The molecule has 31 heavy (non-hydrogen) atoms. The Morgan fingerprint density at radius 2 is 1.74 bits per heavy atom. The van der Waals surface area contributed by atoms with Gasteiger partial charge in [0.05, 0.1) is 16.1 Å². The van der Waals surface area contributed by atoms with E-state index in [1.54, 1.807) is 52.0 Å². The Morgan fingerprint density at radius 1 is 1.03 bits per heavy atom. The van der Waals surface area contributed by atoms with Crippen LogP contribution in [-0.4, -0.2) is 22.8 Å². The molecule has 0 unspecified atom stereocenters. The molecule has 1 N–H and O–H groups in total. The monoisotopic (exact) mass is 436 g/mol. The van der Waals surface area contributed by atoms with E-state index in [-0.39, 0.29) is 16.4 Å². The molecule has 0 radical (unpaired) electrons. The number of nitrogens with one attached hydrogen (secondary N) is 1. The van der Waals surface area contributed by atoms with Gasteiger partial charge in [0.25, 0.3) is 15.6 Å². The topological polar surface area (TPSA) is 86.0 Å². The summed E-state index contributed by atoms with van der Waals surface area (Å²) >= 11 is 0. The van der Waals surface area contributed by atoms with Gasteiger partial charge in [-0.25, -0.2) is 13.1 Å². The molecule has 0 saturated carbocycles. The molecule has 0 fully saturated rings. The van der Waals surface area contributed by atoms with Crippen molar-refractivity contribution in [2.24, 2.45) is 7.05 Å². The fourth-order valence-corrected chi connectivity index (χ4v) is 4.85. The van der Waals surface area contributed by atoms with Gasteiger partial charge in [-0.3, -0.25) is 19.2 Å². The molecule has 160 valence electrons. The number of aromatic nitrogens is 3. The van der Waals surface area contributed by atoms with E-state index in [0.717, 1.165) is 22.2 Å². The Hall–Kier alpha value is -3.39. The number of fused-ring (bicyclic) bond motifs is 1. The fourth-order valence-electron chi connectivity index (χ4n) is 3.80. The first kappa shape index (κ1) is 20.9. The molecule has 8 heteroatoms. The average molecular weight is 437 g/mol. The van der Waals surface area contributed by atoms with Crippen LogP contribution in [0.15, 0.2) is 70.5 Å². The van der Waals surface area contributed by atoms with Crippen LogP contribution >= 0.6 is 0 Å². The second-order valence-corrected chi connectivity index (χ2v) is 9.49. The largest absolute Gasteiger partial charge is 0.285 e. The molecule has 0 bridgehead atoms. The number of hydrogen-bond acceptors (Lipinski definition) is 4. The van der Waals surface area contributed by atoms with Gasteiger partial charge >= 0.3 is 0 Å². The van der Waals surface area contributed by atoms with Crippen LogP contribution in [-0.2, 0) is 17.1 Å². The van der Waals surface area contributed by atoms with Crippen molar-refractivity contribution in [3.8, 4) is 5.69 Å². The minimum Gasteiger partial charge on any atom is -0.285 e. The Bertz CT molecular complexity index is 1430. The molecular formula is C23H24N4O3S. The van der Waals surface area contributed by atoms with E-state index in [1.165, 1.54) is 12.1 Å². The number of sulfonamides is 1. The van der Waals surface area contributed by atoms with Gasteiger partial charge in [0.2, 0.25) is 0 Å². The normalized spacial score (nSPS) is 11.9. The summed E-state index contributed by atoms with van der Waals surface area (Å²) in [5.74, 6) is 0.0981. The first-order valence-corrected chi connectivity index (χ1v) is 11.4. The maximum absolute atomic E-state index is 12.9. The highest BCUT2D eigenvalue weighted by Gasteiger charge is 2.19. The number of hydrogen-bond donors (Lipinski definition) is 1. The molecule has 2 heterocycles. The summed E-state index contributed by atoms with van der Waals surface area (Å²) in [6, 6.07) is 15.2. The van der Waals surface area contributed by atoms with Crippen LogP contribution in [0.2, 0.25) is 0 Å². The summed E-state index contributed by atoms with van der Waals surface area (Å²) in [4.78, 5) is 17.2. The molecule has 7 nitrogen and oxygen atoms in total. The first-order valence-electron chi connectivity index (χ1n) is 9.95. The molecule has 2 aromatic carbocycles. The minimum absolute atomic E-state index is 0.0893. The molecule has 4 aromatic rings. The van der Waals surface area contributed by atoms with E-state index in [4.69, 9.17) is 0 Å². The molecule has 0 aliphatic carbocycles. The highest BCUT2D eigenvalue weighted by molar-refractivity contribution is 7.92. The van der Waals surface area contributed by atoms with Crippen LogP contribution in [0.4, 0.5) is 5.69 Å². The molecule has 0 spiro atoms. The lowest BCUT2D eigenvalue weighted by Crippen LogP contribution is -2.21. The highest BCUT2D eigenvalue weighted by atomic mass is 32.2. The molecule has 0 amide bonds. The molecule has 2 aromatic heterocycles. The summed E-state index contributed by atoms with van der Waals surface area (Å²) in [7, 11) is -1.96. The van der Waals surface area contributed by atoms with E-state index in [9.17, 15) is 13.2 Å². The zero-order valence-electron chi connectivity index (χ0n) is 17.8. The fraction of sp³-hybridized carbons (Fsp3) is 0.217. The van der Waals surface area contributed by atoms with Gasteiger partial charge < -0.3 is 0 Å². The summed E-state index contributed by atoms with van der Waals surface area (Å²) in [5, 5.41) is 0.845. The van der Waals surface area contributed by atoms with Crippen LogP contribution < -0.4 is 10.3 Å². The van der Waals surface area contributed by atoms with Crippen molar-refractivity contribution in [1.82, 2.24) is 14.3 Å². The predicted octanol–water partition coefficient (Wildman–Crippen LogP) is 3.96. The Labute approximate surface area is 181 Å². The third-order valence-electron chi connectivity index (χ3n) is 5.42. The average Bonchev–Trinajstić information content (AvgIpc) is 2.96. The van der Waals surface area contributed by atoms with Crippen LogP contribution in [0.1, 0.15) is 31.0 Å². The number of anilines is 1. The van der Waals surface area contributed by atoms with Crippen LogP contribution in [0, 0.1) is 6.92 Å². The van der Waals surface area contributed by atoms with Gasteiger partial charge in [0.1, 0.15) is 0 Å².